The lowest BCUT2D eigenvalue weighted by Crippen LogP contribution is -2.49. The molecule has 3 unspecified atom stereocenters. The molecule has 0 aromatic heterocycles. The maximum Gasteiger partial charge on any atom is 0.328 e. The standard InChI is InChI=1S/C14H28N2O5/c1-6-10(2)13(14(19)21-5)15-12(18)8-16(3)7-11(17)9-20-4/h10-11,13,17H,6-9H2,1-5H3,(H,15,18). The number of carbonyl (C=O) groups is 2. The van der Waals surface area contributed by atoms with E-state index in [1.807, 2.05) is 13.8 Å². The maximum absolute atomic E-state index is 12.0. The van der Waals surface area contributed by atoms with Crippen LogP contribution in [0.5, 0.6) is 0 Å². The molecule has 0 aromatic carbocycles. The smallest absolute Gasteiger partial charge is 0.328 e. The third-order valence-electron chi connectivity index (χ3n) is 3.28. The Bertz CT molecular complexity index is 324. The molecule has 1 amide bonds. The molecule has 0 aliphatic heterocycles. The molecule has 0 aliphatic carbocycles. The number of hydrogen-bond acceptors (Lipinski definition) is 6. The van der Waals surface area contributed by atoms with Gasteiger partial charge in [-0.1, -0.05) is 20.3 Å². The van der Waals surface area contributed by atoms with Gasteiger partial charge < -0.3 is 19.9 Å². The number of nitrogens with zero attached hydrogens (tertiary/aromatic N) is 1. The predicted octanol–water partition coefficient (Wildman–Crippen LogP) is -0.371. The van der Waals surface area contributed by atoms with Gasteiger partial charge >= 0.3 is 5.97 Å². The van der Waals surface area contributed by atoms with Gasteiger partial charge in [-0.05, 0) is 13.0 Å². The van der Waals surface area contributed by atoms with Crippen LogP contribution in [0, 0.1) is 5.92 Å². The lowest BCUT2D eigenvalue weighted by molar-refractivity contribution is -0.146. The van der Waals surface area contributed by atoms with Crippen LogP contribution >= 0.6 is 0 Å². The third-order valence-corrected chi connectivity index (χ3v) is 3.28. The summed E-state index contributed by atoms with van der Waals surface area (Å²) in [5.74, 6) is -0.733. The van der Waals surface area contributed by atoms with Crippen LogP contribution in [0.15, 0.2) is 0 Å². The number of esters is 1. The molecule has 3 atom stereocenters. The fourth-order valence-electron chi connectivity index (χ4n) is 1.93. The van der Waals surface area contributed by atoms with E-state index in [0.29, 0.717) is 6.54 Å². The SMILES string of the molecule is CCC(C)C(NC(=O)CN(C)CC(O)COC)C(=O)OC. The molecule has 0 aromatic rings. The van der Waals surface area contributed by atoms with Crippen molar-refractivity contribution in [1.82, 2.24) is 10.2 Å². The Labute approximate surface area is 126 Å². The summed E-state index contributed by atoms with van der Waals surface area (Å²) < 4.78 is 9.54. The van der Waals surface area contributed by atoms with Gasteiger partial charge in [0.25, 0.3) is 0 Å². The van der Waals surface area contributed by atoms with E-state index in [-0.39, 0.29) is 25.0 Å². The Morgan fingerprint density at radius 1 is 1.33 bits per heavy atom. The van der Waals surface area contributed by atoms with Gasteiger partial charge in [0.2, 0.25) is 5.91 Å². The van der Waals surface area contributed by atoms with Crippen LogP contribution in [0.25, 0.3) is 0 Å². The van der Waals surface area contributed by atoms with Gasteiger partial charge in [-0.25, -0.2) is 4.79 Å². The number of amides is 1. The number of carbonyl (C=O) groups excluding carboxylic acids is 2. The summed E-state index contributed by atoms with van der Waals surface area (Å²) in [5.41, 5.74) is 0. The zero-order chi connectivity index (χ0) is 16.4. The van der Waals surface area contributed by atoms with E-state index >= 15 is 0 Å². The number of methoxy groups -OCH3 is 2. The van der Waals surface area contributed by atoms with E-state index in [9.17, 15) is 14.7 Å². The molecule has 0 spiro atoms. The summed E-state index contributed by atoms with van der Waals surface area (Å²) in [4.78, 5) is 25.3. The molecule has 0 heterocycles. The first-order chi connectivity index (χ1) is 9.85. The topological polar surface area (TPSA) is 88.1 Å². The fourth-order valence-corrected chi connectivity index (χ4v) is 1.93. The highest BCUT2D eigenvalue weighted by molar-refractivity contribution is 5.85. The number of aliphatic hydroxyl groups excluding tert-OH is 1. The van der Waals surface area contributed by atoms with E-state index < -0.39 is 18.1 Å². The van der Waals surface area contributed by atoms with Crippen LogP contribution in [0.2, 0.25) is 0 Å². The zero-order valence-corrected chi connectivity index (χ0v) is 13.6. The number of aliphatic hydroxyl groups is 1. The van der Waals surface area contributed by atoms with Crippen molar-refractivity contribution in [1.29, 1.82) is 0 Å². The normalized spacial score (nSPS) is 15.4. The van der Waals surface area contributed by atoms with Gasteiger partial charge in [0, 0.05) is 13.7 Å². The van der Waals surface area contributed by atoms with Gasteiger partial charge in [0.15, 0.2) is 0 Å². The second-order valence-electron chi connectivity index (χ2n) is 5.26. The number of nitrogens with one attached hydrogen (secondary N) is 1. The highest BCUT2D eigenvalue weighted by atomic mass is 16.5. The number of likely N-dealkylation sites (N-methyl/N-ethyl adjacent to an activating group) is 1. The van der Waals surface area contributed by atoms with Crippen LogP contribution in [-0.4, -0.2) is 75.0 Å². The molecule has 0 fully saturated rings. The first-order valence-corrected chi connectivity index (χ1v) is 7.08. The van der Waals surface area contributed by atoms with Gasteiger partial charge in [-0.3, -0.25) is 9.69 Å². The number of rotatable bonds is 10. The highest BCUT2D eigenvalue weighted by Crippen LogP contribution is 2.09. The third kappa shape index (κ3) is 7.99. The second kappa shape index (κ2) is 10.5. The summed E-state index contributed by atoms with van der Waals surface area (Å²) >= 11 is 0. The van der Waals surface area contributed by atoms with Crippen molar-refractivity contribution in [2.24, 2.45) is 5.92 Å². The van der Waals surface area contributed by atoms with E-state index in [2.05, 4.69) is 5.32 Å². The molecule has 7 heteroatoms. The average molecular weight is 304 g/mol. The van der Waals surface area contributed by atoms with Crippen LogP contribution < -0.4 is 5.32 Å². The molecule has 2 N–H and O–H groups in total. The molecule has 0 bridgehead atoms. The van der Waals surface area contributed by atoms with E-state index in [0.717, 1.165) is 6.42 Å². The quantitative estimate of drug-likeness (QED) is 0.535. The molecule has 0 saturated carbocycles. The van der Waals surface area contributed by atoms with Gasteiger partial charge in [-0.15, -0.1) is 0 Å². The van der Waals surface area contributed by atoms with Crippen LogP contribution in [0.3, 0.4) is 0 Å². The van der Waals surface area contributed by atoms with Gasteiger partial charge in [0.1, 0.15) is 6.04 Å². The number of ether oxygens (including phenoxy) is 2. The molecule has 0 radical (unpaired) electrons. The second-order valence-corrected chi connectivity index (χ2v) is 5.26. The Hall–Kier alpha value is -1.18. The molecule has 124 valence electrons. The van der Waals surface area contributed by atoms with E-state index in [4.69, 9.17) is 9.47 Å². The number of hydrogen-bond donors (Lipinski definition) is 2. The largest absolute Gasteiger partial charge is 0.467 e. The maximum atomic E-state index is 12.0. The van der Waals surface area contributed by atoms with E-state index in [1.165, 1.54) is 14.2 Å². The minimum atomic E-state index is -0.654. The summed E-state index contributed by atoms with van der Waals surface area (Å²) in [5, 5.41) is 12.3. The summed E-state index contributed by atoms with van der Waals surface area (Å²) in [6.07, 6.45) is 0.0985. The lowest BCUT2D eigenvalue weighted by Gasteiger charge is -2.24. The lowest BCUT2D eigenvalue weighted by atomic mass is 9.99. The van der Waals surface area contributed by atoms with Crippen LogP contribution in [0.4, 0.5) is 0 Å². The molecule has 21 heavy (non-hydrogen) atoms. The molecule has 0 rings (SSSR count). The van der Waals surface area contributed by atoms with Crippen molar-refractivity contribution in [2.45, 2.75) is 32.4 Å². The monoisotopic (exact) mass is 304 g/mol. The molecular weight excluding hydrogens is 276 g/mol. The van der Waals surface area contributed by atoms with Gasteiger partial charge in [-0.2, -0.15) is 0 Å². The van der Waals surface area contributed by atoms with Crippen molar-refractivity contribution in [3.05, 3.63) is 0 Å². The summed E-state index contributed by atoms with van der Waals surface area (Å²) in [7, 11) is 4.52. The highest BCUT2D eigenvalue weighted by Gasteiger charge is 2.26. The van der Waals surface area contributed by atoms with Gasteiger partial charge in [0.05, 0.1) is 26.4 Å². The van der Waals surface area contributed by atoms with Crippen LogP contribution in [-0.2, 0) is 19.1 Å². The van der Waals surface area contributed by atoms with Crippen molar-refractivity contribution in [2.75, 3.05) is 41.0 Å². The van der Waals surface area contributed by atoms with Crippen molar-refractivity contribution in [3.63, 3.8) is 0 Å². The first-order valence-electron chi connectivity index (χ1n) is 7.08. The van der Waals surface area contributed by atoms with Crippen molar-refractivity contribution in [3.8, 4) is 0 Å². The Morgan fingerprint density at radius 3 is 2.43 bits per heavy atom. The average Bonchev–Trinajstić information content (AvgIpc) is 2.42. The van der Waals surface area contributed by atoms with Crippen molar-refractivity contribution >= 4 is 11.9 Å². The summed E-state index contributed by atoms with van der Waals surface area (Å²) in [6, 6.07) is -0.648. The molecular formula is C14H28N2O5. The molecule has 0 aliphatic rings. The Balaban J connectivity index is 4.40. The minimum absolute atomic E-state index is 0.00853. The zero-order valence-electron chi connectivity index (χ0n) is 13.6. The molecule has 0 saturated heterocycles. The molecule has 7 nitrogen and oxygen atoms in total. The van der Waals surface area contributed by atoms with Crippen LogP contribution in [0.1, 0.15) is 20.3 Å². The van der Waals surface area contributed by atoms with E-state index in [1.54, 1.807) is 11.9 Å². The Morgan fingerprint density at radius 2 is 1.95 bits per heavy atom. The predicted molar refractivity (Wildman–Crippen MR) is 78.8 cm³/mol. The Kier molecular flexibility index (Phi) is 9.94. The first kappa shape index (κ1) is 19.8. The minimum Gasteiger partial charge on any atom is -0.467 e. The summed E-state index contributed by atoms with van der Waals surface area (Å²) in [6.45, 7) is 4.44. The fraction of sp³-hybridized carbons (Fsp3) is 0.857. The van der Waals surface area contributed by atoms with Crippen molar-refractivity contribution < 1.29 is 24.2 Å².